The van der Waals surface area contributed by atoms with Crippen molar-refractivity contribution in [1.82, 2.24) is 0 Å². The first-order chi connectivity index (χ1) is 7.04. The molecule has 1 saturated carbocycles. The molecular formula is C13H22O2. The van der Waals surface area contributed by atoms with Gasteiger partial charge in [0.1, 0.15) is 0 Å². The van der Waals surface area contributed by atoms with Gasteiger partial charge in [0, 0.05) is 6.42 Å². The summed E-state index contributed by atoms with van der Waals surface area (Å²) in [4.78, 5) is 11.3. The maximum atomic E-state index is 11.3. The molecule has 1 aliphatic rings. The summed E-state index contributed by atoms with van der Waals surface area (Å²) in [5, 5.41) is 0. The van der Waals surface area contributed by atoms with Gasteiger partial charge in [-0.15, -0.1) is 0 Å². The zero-order valence-electron chi connectivity index (χ0n) is 10.1. The second-order valence-corrected chi connectivity index (χ2v) is 4.91. The van der Waals surface area contributed by atoms with Gasteiger partial charge in [-0.1, -0.05) is 25.5 Å². The summed E-state index contributed by atoms with van der Waals surface area (Å²) in [6.45, 7) is 8.37. The number of carbonyl (C=O) groups excluding carboxylic acids is 1. The molecule has 0 N–H and O–H groups in total. The predicted octanol–water partition coefficient (Wildman–Crippen LogP) is 3.18. The van der Waals surface area contributed by atoms with Crippen molar-refractivity contribution >= 4 is 5.97 Å². The number of rotatable bonds is 3. The van der Waals surface area contributed by atoms with Crippen LogP contribution in [0.1, 0.15) is 39.5 Å². The summed E-state index contributed by atoms with van der Waals surface area (Å²) < 4.78 is 4.75. The third kappa shape index (κ3) is 3.37. The van der Waals surface area contributed by atoms with E-state index in [0.29, 0.717) is 18.3 Å². The Morgan fingerprint density at radius 1 is 1.47 bits per heavy atom. The summed E-state index contributed by atoms with van der Waals surface area (Å²) in [5.74, 6) is 1.61. The summed E-state index contributed by atoms with van der Waals surface area (Å²) in [7, 11) is 1.46. The van der Waals surface area contributed by atoms with Gasteiger partial charge in [0.25, 0.3) is 0 Å². The largest absolute Gasteiger partial charge is 0.469 e. The molecule has 0 amide bonds. The minimum absolute atomic E-state index is 0.0830. The van der Waals surface area contributed by atoms with E-state index in [1.807, 2.05) is 0 Å². The molecule has 1 aliphatic carbocycles. The smallest absolute Gasteiger partial charge is 0.305 e. The molecule has 0 aromatic carbocycles. The zero-order valence-corrected chi connectivity index (χ0v) is 10.1. The second-order valence-electron chi connectivity index (χ2n) is 4.91. The molecule has 15 heavy (non-hydrogen) atoms. The Morgan fingerprint density at radius 2 is 2.13 bits per heavy atom. The van der Waals surface area contributed by atoms with Crippen LogP contribution < -0.4 is 0 Å². The number of allylic oxidation sites excluding steroid dienone is 1. The second kappa shape index (κ2) is 5.34. The highest BCUT2D eigenvalue weighted by molar-refractivity contribution is 5.69. The fourth-order valence-corrected chi connectivity index (χ4v) is 2.67. The average Bonchev–Trinajstić information content (AvgIpc) is 2.17. The van der Waals surface area contributed by atoms with Crippen LogP contribution in [-0.4, -0.2) is 13.1 Å². The molecular weight excluding hydrogens is 188 g/mol. The topological polar surface area (TPSA) is 26.3 Å². The first-order valence-corrected chi connectivity index (χ1v) is 5.76. The van der Waals surface area contributed by atoms with Crippen molar-refractivity contribution in [3.05, 3.63) is 12.2 Å². The number of ether oxygens (including phenoxy) is 1. The van der Waals surface area contributed by atoms with E-state index in [2.05, 4.69) is 20.4 Å². The van der Waals surface area contributed by atoms with Gasteiger partial charge in [-0.2, -0.15) is 0 Å². The van der Waals surface area contributed by atoms with Crippen LogP contribution >= 0.6 is 0 Å². The lowest BCUT2D eigenvalue weighted by Crippen LogP contribution is -2.27. The highest BCUT2D eigenvalue weighted by atomic mass is 16.5. The Labute approximate surface area is 92.7 Å². The molecule has 0 aliphatic heterocycles. The van der Waals surface area contributed by atoms with E-state index in [1.165, 1.54) is 25.5 Å². The van der Waals surface area contributed by atoms with E-state index in [-0.39, 0.29) is 5.97 Å². The molecule has 3 unspecified atom stereocenters. The summed E-state index contributed by atoms with van der Waals surface area (Å²) >= 11 is 0. The first-order valence-electron chi connectivity index (χ1n) is 5.76. The Bertz CT molecular complexity index is 245. The minimum atomic E-state index is -0.0830. The minimum Gasteiger partial charge on any atom is -0.469 e. The molecule has 1 fully saturated rings. The fraction of sp³-hybridized carbons (Fsp3) is 0.769. The van der Waals surface area contributed by atoms with Crippen molar-refractivity contribution in [2.75, 3.05) is 7.11 Å². The Morgan fingerprint density at radius 3 is 2.67 bits per heavy atom. The van der Waals surface area contributed by atoms with Gasteiger partial charge in [-0.25, -0.2) is 0 Å². The average molecular weight is 210 g/mol. The van der Waals surface area contributed by atoms with E-state index in [9.17, 15) is 4.79 Å². The maximum absolute atomic E-state index is 11.3. The number of hydrogen-bond acceptors (Lipinski definition) is 2. The number of esters is 1. The highest BCUT2D eigenvalue weighted by Crippen LogP contribution is 2.39. The van der Waals surface area contributed by atoms with Crippen molar-refractivity contribution < 1.29 is 9.53 Å². The Kier molecular flexibility index (Phi) is 4.37. The van der Waals surface area contributed by atoms with Crippen molar-refractivity contribution in [2.45, 2.75) is 39.5 Å². The first kappa shape index (κ1) is 12.3. The summed E-state index contributed by atoms with van der Waals surface area (Å²) in [5.41, 5.74) is 1.22. The molecule has 0 spiro atoms. The van der Waals surface area contributed by atoms with E-state index >= 15 is 0 Å². The summed E-state index contributed by atoms with van der Waals surface area (Å²) in [6, 6.07) is 0. The van der Waals surface area contributed by atoms with Crippen molar-refractivity contribution in [3.8, 4) is 0 Å². The van der Waals surface area contributed by atoms with Gasteiger partial charge in [0.2, 0.25) is 0 Å². The van der Waals surface area contributed by atoms with Crippen LogP contribution in [0.2, 0.25) is 0 Å². The molecule has 0 bridgehead atoms. The fourth-order valence-electron chi connectivity index (χ4n) is 2.67. The van der Waals surface area contributed by atoms with Crippen molar-refractivity contribution in [2.24, 2.45) is 17.8 Å². The van der Waals surface area contributed by atoms with Crippen LogP contribution in [0.25, 0.3) is 0 Å². The van der Waals surface area contributed by atoms with E-state index in [4.69, 9.17) is 4.74 Å². The standard InChI is InChI=1S/C13H22O2/c1-9(2)12-6-5-10(3)7-11(12)8-13(14)15-4/h10-12H,1,5-8H2,2-4H3. The molecule has 0 aromatic rings. The molecule has 2 nitrogen and oxygen atoms in total. The Hall–Kier alpha value is -0.790. The Balaban J connectivity index is 2.61. The maximum Gasteiger partial charge on any atom is 0.305 e. The van der Waals surface area contributed by atoms with Crippen molar-refractivity contribution in [1.29, 1.82) is 0 Å². The molecule has 1 rings (SSSR count). The van der Waals surface area contributed by atoms with E-state index in [0.717, 1.165) is 12.3 Å². The molecule has 3 atom stereocenters. The number of methoxy groups -OCH3 is 1. The van der Waals surface area contributed by atoms with Gasteiger partial charge >= 0.3 is 5.97 Å². The van der Waals surface area contributed by atoms with E-state index < -0.39 is 0 Å². The normalized spacial score (nSPS) is 31.0. The SMILES string of the molecule is C=C(C)C1CCC(C)CC1CC(=O)OC. The molecule has 86 valence electrons. The molecule has 0 aromatic heterocycles. The molecule has 0 radical (unpaired) electrons. The molecule has 2 heteroatoms. The van der Waals surface area contributed by atoms with Crippen molar-refractivity contribution in [3.63, 3.8) is 0 Å². The zero-order chi connectivity index (χ0) is 11.4. The lowest BCUT2D eigenvalue weighted by Gasteiger charge is -2.34. The number of carbonyl (C=O) groups is 1. The van der Waals surface area contributed by atoms with Crippen LogP contribution in [0.15, 0.2) is 12.2 Å². The summed E-state index contributed by atoms with van der Waals surface area (Å²) in [6.07, 6.45) is 4.12. The van der Waals surface area contributed by atoms with Gasteiger partial charge in [-0.05, 0) is 37.5 Å². The monoisotopic (exact) mass is 210 g/mol. The third-order valence-corrected chi connectivity index (χ3v) is 3.53. The number of hydrogen-bond donors (Lipinski definition) is 0. The third-order valence-electron chi connectivity index (χ3n) is 3.53. The van der Waals surface area contributed by atoms with Crippen LogP contribution in [-0.2, 0) is 9.53 Å². The quantitative estimate of drug-likeness (QED) is 0.528. The molecule has 0 saturated heterocycles. The van der Waals surface area contributed by atoms with E-state index in [1.54, 1.807) is 0 Å². The van der Waals surface area contributed by atoms with Crippen LogP contribution in [0.3, 0.4) is 0 Å². The van der Waals surface area contributed by atoms with Crippen LogP contribution in [0, 0.1) is 17.8 Å². The van der Waals surface area contributed by atoms with Crippen LogP contribution in [0.5, 0.6) is 0 Å². The van der Waals surface area contributed by atoms with Gasteiger partial charge in [-0.3, -0.25) is 4.79 Å². The van der Waals surface area contributed by atoms with Gasteiger partial charge in [0.05, 0.1) is 7.11 Å². The van der Waals surface area contributed by atoms with Crippen LogP contribution in [0.4, 0.5) is 0 Å². The highest BCUT2D eigenvalue weighted by Gasteiger charge is 2.30. The molecule has 0 heterocycles. The van der Waals surface area contributed by atoms with Gasteiger partial charge < -0.3 is 4.74 Å². The lowest BCUT2D eigenvalue weighted by atomic mass is 9.71. The predicted molar refractivity (Wildman–Crippen MR) is 61.4 cm³/mol. The van der Waals surface area contributed by atoms with Gasteiger partial charge in [0.15, 0.2) is 0 Å². The lowest BCUT2D eigenvalue weighted by molar-refractivity contribution is -0.142.